The van der Waals surface area contributed by atoms with Crippen LogP contribution in [-0.2, 0) is 14.8 Å². The average Bonchev–Trinajstić information content (AvgIpc) is 2.34. The zero-order valence-electron chi connectivity index (χ0n) is 11.9. The van der Waals surface area contributed by atoms with Gasteiger partial charge in [-0.05, 0) is 29.7 Å². The van der Waals surface area contributed by atoms with E-state index in [0.717, 1.165) is 0 Å². The van der Waals surface area contributed by atoms with E-state index in [2.05, 4.69) is 4.72 Å². The van der Waals surface area contributed by atoms with Crippen LogP contribution in [0.5, 0.6) is 5.75 Å². The summed E-state index contributed by atoms with van der Waals surface area (Å²) in [6, 6.07) is 4.52. The van der Waals surface area contributed by atoms with E-state index in [1.807, 2.05) is 0 Å². The molecule has 0 fully saturated rings. The molecule has 7 heteroatoms. The van der Waals surface area contributed by atoms with Crippen LogP contribution in [-0.4, -0.2) is 32.6 Å². The van der Waals surface area contributed by atoms with Crippen LogP contribution in [0.4, 0.5) is 0 Å². The van der Waals surface area contributed by atoms with Gasteiger partial charge in [-0.2, -0.15) is 4.72 Å². The quantitative estimate of drug-likeness (QED) is 0.859. The van der Waals surface area contributed by atoms with E-state index in [0.29, 0.717) is 5.75 Å². The number of nitrogens with one attached hydrogen (secondary N) is 1. The monoisotopic (exact) mass is 301 g/mol. The third kappa shape index (κ3) is 3.94. The Morgan fingerprint density at radius 3 is 2.10 bits per heavy atom. The second-order valence-electron chi connectivity index (χ2n) is 5.43. The lowest BCUT2D eigenvalue weighted by atomic mass is 9.88. The second kappa shape index (κ2) is 5.80. The van der Waals surface area contributed by atoms with Crippen LogP contribution in [0.1, 0.15) is 20.8 Å². The van der Waals surface area contributed by atoms with Gasteiger partial charge in [0, 0.05) is 0 Å². The topological polar surface area (TPSA) is 92.7 Å². The van der Waals surface area contributed by atoms with Crippen LogP contribution in [0.2, 0.25) is 0 Å². The number of carboxylic acid groups (broad SMARTS) is 1. The van der Waals surface area contributed by atoms with Gasteiger partial charge in [-0.1, -0.05) is 20.8 Å². The van der Waals surface area contributed by atoms with Crippen molar-refractivity contribution in [1.29, 1.82) is 0 Å². The molecule has 0 aliphatic heterocycles. The first kappa shape index (κ1) is 16.5. The molecular weight excluding hydrogens is 282 g/mol. The molecule has 1 aromatic carbocycles. The molecule has 0 amide bonds. The minimum absolute atomic E-state index is 0.00574. The molecule has 0 aliphatic carbocycles. The molecule has 20 heavy (non-hydrogen) atoms. The van der Waals surface area contributed by atoms with Crippen molar-refractivity contribution in [2.45, 2.75) is 31.7 Å². The molecule has 0 heterocycles. The van der Waals surface area contributed by atoms with E-state index < -0.39 is 27.4 Å². The molecule has 0 aliphatic rings. The van der Waals surface area contributed by atoms with E-state index >= 15 is 0 Å². The summed E-state index contributed by atoms with van der Waals surface area (Å²) in [6.07, 6.45) is 0. The molecule has 0 saturated carbocycles. The molecule has 6 nitrogen and oxygen atoms in total. The van der Waals surface area contributed by atoms with Crippen molar-refractivity contribution in [1.82, 2.24) is 4.72 Å². The number of aliphatic carboxylic acids is 1. The van der Waals surface area contributed by atoms with E-state index in [9.17, 15) is 13.2 Å². The number of carboxylic acids is 1. The molecular formula is C13H19NO5S. The maximum absolute atomic E-state index is 12.2. The summed E-state index contributed by atoms with van der Waals surface area (Å²) >= 11 is 0. The molecule has 1 aromatic rings. The minimum Gasteiger partial charge on any atom is -0.497 e. The number of sulfonamides is 1. The van der Waals surface area contributed by atoms with Crippen LogP contribution < -0.4 is 9.46 Å². The summed E-state index contributed by atoms with van der Waals surface area (Å²) in [5.74, 6) is -0.691. The van der Waals surface area contributed by atoms with Gasteiger partial charge < -0.3 is 9.84 Å². The van der Waals surface area contributed by atoms with Crippen LogP contribution in [0.25, 0.3) is 0 Å². The van der Waals surface area contributed by atoms with Gasteiger partial charge in [-0.25, -0.2) is 8.42 Å². The van der Waals surface area contributed by atoms with Gasteiger partial charge in [0.2, 0.25) is 10.0 Å². The molecule has 2 N–H and O–H groups in total. The maximum atomic E-state index is 12.2. The third-order valence-electron chi connectivity index (χ3n) is 2.76. The molecule has 0 unspecified atom stereocenters. The number of rotatable bonds is 5. The van der Waals surface area contributed by atoms with Gasteiger partial charge in [0.05, 0.1) is 12.0 Å². The Morgan fingerprint density at radius 2 is 1.75 bits per heavy atom. The largest absolute Gasteiger partial charge is 0.497 e. The lowest BCUT2D eigenvalue weighted by Gasteiger charge is -2.27. The lowest BCUT2D eigenvalue weighted by Crippen LogP contribution is -2.48. The molecule has 1 atom stereocenters. The molecule has 0 radical (unpaired) electrons. The van der Waals surface area contributed by atoms with E-state index in [-0.39, 0.29) is 4.90 Å². The fourth-order valence-corrected chi connectivity index (χ4v) is 2.97. The maximum Gasteiger partial charge on any atom is 0.322 e. The lowest BCUT2D eigenvalue weighted by molar-refractivity contribution is -0.141. The Labute approximate surface area is 118 Å². The molecule has 0 saturated heterocycles. The number of carbonyl (C=O) groups is 1. The van der Waals surface area contributed by atoms with Crippen LogP contribution in [0.3, 0.4) is 0 Å². The fourth-order valence-electron chi connectivity index (χ4n) is 1.58. The SMILES string of the molecule is COc1ccc(S(=O)(=O)N[C@H](C(=O)O)C(C)(C)C)cc1. The highest BCUT2D eigenvalue weighted by Crippen LogP contribution is 2.22. The predicted molar refractivity (Wildman–Crippen MR) is 74.2 cm³/mol. The molecule has 1 rings (SSSR count). The van der Waals surface area contributed by atoms with E-state index in [1.165, 1.54) is 31.4 Å². The molecule has 0 bridgehead atoms. The summed E-state index contributed by atoms with van der Waals surface area (Å²) in [6.45, 7) is 4.97. The van der Waals surface area contributed by atoms with Crippen molar-refractivity contribution < 1.29 is 23.1 Å². The van der Waals surface area contributed by atoms with Crippen LogP contribution >= 0.6 is 0 Å². The van der Waals surface area contributed by atoms with Crippen LogP contribution in [0.15, 0.2) is 29.2 Å². The standard InChI is InChI=1S/C13H19NO5S/c1-13(2,3)11(12(15)16)14-20(17,18)10-7-5-9(19-4)6-8-10/h5-8,11,14H,1-4H3,(H,15,16)/t11-/m1/s1. The van der Waals surface area contributed by atoms with Gasteiger partial charge in [0.1, 0.15) is 11.8 Å². The first-order valence-electron chi connectivity index (χ1n) is 5.97. The Hall–Kier alpha value is -1.60. The highest BCUT2D eigenvalue weighted by atomic mass is 32.2. The van der Waals surface area contributed by atoms with E-state index in [4.69, 9.17) is 9.84 Å². The van der Waals surface area contributed by atoms with Gasteiger partial charge in [0.15, 0.2) is 0 Å². The zero-order chi connectivity index (χ0) is 15.6. The summed E-state index contributed by atoms with van der Waals surface area (Å²) < 4.78 is 31.5. The van der Waals surface area contributed by atoms with Gasteiger partial charge in [-0.3, -0.25) is 4.79 Å². The van der Waals surface area contributed by atoms with Crippen molar-refractivity contribution >= 4 is 16.0 Å². The Morgan fingerprint density at radius 1 is 1.25 bits per heavy atom. The first-order chi connectivity index (χ1) is 9.08. The number of ether oxygens (including phenoxy) is 1. The summed E-state index contributed by atoms with van der Waals surface area (Å²) in [7, 11) is -2.43. The first-order valence-corrected chi connectivity index (χ1v) is 7.45. The summed E-state index contributed by atoms with van der Waals surface area (Å²) in [5, 5.41) is 9.15. The Bertz CT molecular complexity index is 572. The highest BCUT2D eigenvalue weighted by Gasteiger charge is 2.35. The van der Waals surface area contributed by atoms with Crippen molar-refractivity contribution in [3.05, 3.63) is 24.3 Å². The van der Waals surface area contributed by atoms with Crippen LogP contribution in [0, 0.1) is 5.41 Å². The Kier molecular flexibility index (Phi) is 4.77. The van der Waals surface area contributed by atoms with Gasteiger partial charge in [-0.15, -0.1) is 0 Å². The van der Waals surface area contributed by atoms with Crippen molar-refractivity contribution in [2.75, 3.05) is 7.11 Å². The minimum atomic E-state index is -3.90. The number of benzene rings is 1. The number of methoxy groups -OCH3 is 1. The van der Waals surface area contributed by atoms with Crippen molar-refractivity contribution in [2.24, 2.45) is 5.41 Å². The number of hydrogen-bond donors (Lipinski definition) is 2. The summed E-state index contributed by atoms with van der Waals surface area (Å²) in [5.41, 5.74) is -0.745. The predicted octanol–water partition coefficient (Wildman–Crippen LogP) is 1.47. The van der Waals surface area contributed by atoms with Gasteiger partial charge in [0.25, 0.3) is 0 Å². The molecule has 0 spiro atoms. The average molecular weight is 301 g/mol. The summed E-state index contributed by atoms with van der Waals surface area (Å²) in [4.78, 5) is 11.2. The molecule has 0 aromatic heterocycles. The van der Waals surface area contributed by atoms with E-state index in [1.54, 1.807) is 20.8 Å². The van der Waals surface area contributed by atoms with Crippen molar-refractivity contribution in [3.8, 4) is 5.75 Å². The fraction of sp³-hybridized carbons (Fsp3) is 0.462. The highest BCUT2D eigenvalue weighted by molar-refractivity contribution is 7.89. The van der Waals surface area contributed by atoms with Gasteiger partial charge >= 0.3 is 5.97 Å². The normalized spacial score (nSPS) is 13.8. The third-order valence-corrected chi connectivity index (χ3v) is 4.19. The van der Waals surface area contributed by atoms with Crippen molar-refractivity contribution in [3.63, 3.8) is 0 Å². The Balaban J connectivity index is 3.06. The number of hydrogen-bond acceptors (Lipinski definition) is 4. The molecule has 112 valence electrons. The smallest absolute Gasteiger partial charge is 0.322 e. The zero-order valence-corrected chi connectivity index (χ0v) is 12.7. The second-order valence-corrected chi connectivity index (χ2v) is 7.15.